The van der Waals surface area contributed by atoms with Gasteiger partial charge in [0, 0.05) is 10.9 Å². The fourth-order valence-corrected chi connectivity index (χ4v) is 2.20. The van der Waals surface area contributed by atoms with E-state index < -0.39 is 0 Å². The summed E-state index contributed by atoms with van der Waals surface area (Å²) in [5, 5.41) is 0.516. The molecule has 0 saturated heterocycles. The SMILES string of the molecule is CCOC(=O)c1ccc(-c2ccccc2)nc1CBr. The number of hydrogen-bond acceptors (Lipinski definition) is 3. The van der Waals surface area contributed by atoms with E-state index in [1.807, 2.05) is 36.4 Å². The van der Waals surface area contributed by atoms with Gasteiger partial charge in [0.25, 0.3) is 0 Å². The van der Waals surface area contributed by atoms with Crippen molar-refractivity contribution < 1.29 is 9.53 Å². The molecule has 0 bridgehead atoms. The summed E-state index contributed by atoms with van der Waals surface area (Å²) in [7, 11) is 0. The van der Waals surface area contributed by atoms with Gasteiger partial charge in [-0.2, -0.15) is 0 Å². The minimum absolute atomic E-state index is 0.330. The number of rotatable bonds is 4. The Balaban J connectivity index is 2.39. The van der Waals surface area contributed by atoms with Crippen molar-refractivity contribution in [3.8, 4) is 11.3 Å². The number of carbonyl (C=O) groups excluding carboxylic acids is 1. The van der Waals surface area contributed by atoms with Gasteiger partial charge in [-0.15, -0.1) is 0 Å². The lowest BCUT2D eigenvalue weighted by molar-refractivity contribution is 0.0525. The summed E-state index contributed by atoms with van der Waals surface area (Å²) in [6.45, 7) is 2.15. The monoisotopic (exact) mass is 319 g/mol. The second-order valence-corrected chi connectivity index (χ2v) is 4.47. The number of benzene rings is 1. The second kappa shape index (κ2) is 6.48. The second-order valence-electron chi connectivity index (χ2n) is 3.91. The normalized spacial score (nSPS) is 10.2. The molecule has 1 heterocycles. The number of aromatic nitrogens is 1. The minimum atomic E-state index is -0.330. The van der Waals surface area contributed by atoms with Crippen LogP contribution in [0, 0.1) is 0 Å². The summed E-state index contributed by atoms with van der Waals surface area (Å²) in [4.78, 5) is 16.3. The number of hydrogen-bond donors (Lipinski definition) is 0. The van der Waals surface area contributed by atoms with Crippen LogP contribution in [0.5, 0.6) is 0 Å². The van der Waals surface area contributed by atoms with Crippen LogP contribution >= 0.6 is 15.9 Å². The largest absolute Gasteiger partial charge is 0.462 e. The highest BCUT2D eigenvalue weighted by molar-refractivity contribution is 9.08. The quantitative estimate of drug-likeness (QED) is 0.635. The van der Waals surface area contributed by atoms with E-state index in [0.29, 0.717) is 23.2 Å². The van der Waals surface area contributed by atoms with Crippen LogP contribution < -0.4 is 0 Å². The van der Waals surface area contributed by atoms with Crippen LogP contribution in [0.4, 0.5) is 0 Å². The van der Waals surface area contributed by atoms with Crippen LogP contribution in [0.25, 0.3) is 11.3 Å². The summed E-state index contributed by atoms with van der Waals surface area (Å²) in [5.74, 6) is -0.330. The maximum atomic E-state index is 11.8. The summed E-state index contributed by atoms with van der Waals surface area (Å²) < 4.78 is 5.02. The summed E-state index contributed by atoms with van der Waals surface area (Å²) in [6.07, 6.45) is 0. The molecule has 0 amide bonds. The molecule has 0 spiro atoms. The molecule has 0 aliphatic heterocycles. The highest BCUT2D eigenvalue weighted by atomic mass is 79.9. The Morgan fingerprint density at radius 3 is 2.58 bits per heavy atom. The zero-order valence-corrected chi connectivity index (χ0v) is 12.2. The number of pyridine rings is 1. The maximum Gasteiger partial charge on any atom is 0.340 e. The number of carbonyl (C=O) groups is 1. The Hall–Kier alpha value is -1.68. The first-order valence-corrected chi connectivity index (χ1v) is 7.16. The van der Waals surface area contributed by atoms with Crippen molar-refractivity contribution in [2.45, 2.75) is 12.3 Å². The van der Waals surface area contributed by atoms with E-state index in [1.54, 1.807) is 13.0 Å². The fraction of sp³-hybridized carbons (Fsp3) is 0.200. The smallest absolute Gasteiger partial charge is 0.340 e. The first-order chi connectivity index (χ1) is 9.26. The molecule has 2 aromatic rings. The third-order valence-electron chi connectivity index (χ3n) is 2.67. The molecular weight excluding hydrogens is 306 g/mol. The van der Waals surface area contributed by atoms with Gasteiger partial charge in [0.05, 0.1) is 23.6 Å². The first-order valence-electron chi connectivity index (χ1n) is 6.04. The third kappa shape index (κ3) is 3.20. The minimum Gasteiger partial charge on any atom is -0.462 e. The molecule has 0 aliphatic rings. The molecule has 0 N–H and O–H groups in total. The van der Waals surface area contributed by atoms with Crippen LogP contribution in [0.3, 0.4) is 0 Å². The molecule has 0 radical (unpaired) electrons. The fourth-order valence-electron chi connectivity index (χ4n) is 1.77. The van der Waals surface area contributed by atoms with Crippen LogP contribution in [0.15, 0.2) is 42.5 Å². The van der Waals surface area contributed by atoms with Gasteiger partial charge in [-0.3, -0.25) is 4.98 Å². The van der Waals surface area contributed by atoms with Gasteiger partial charge in [-0.05, 0) is 19.1 Å². The average Bonchev–Trinajstić information content (AvgIpc) is 2.47. The van der Waals surface area contributed by atoms with Crippen molar-refractivity contribution in [1.82, 2.24) is 4.98 Å². The molecule has 19 heavy (non-hydrogen) atoms. The lowest BCUT2D eigenvalue weighted by atomic mass is 10.1. The Kier molecular flexibility index (Phi) is 4.68. The summed E-state index contributed by atoms with van der Waals surface area (Å²) >= 11 is 3.36. The Morgan fingerprint density at radius 1 is 1.21 bits per heavy atom. The molecule has 4 heteroatoms. The molecule has 0 aliphatic carbocycles. The number of alkyl halides is 1. The van der Waals surface area contributed by atoms with Crippen LogP contribution in [-0.4, -0.2) is 17.6 Å². The van der Waals surface area contributed by atoms with E-state index in [1.165, 1.54) is 0 Å². The van der Waals surface area contributed by atoms with Gasteiger partial charge in [0.2, 0.25) is 0 Å². The molecule has 98 valence electrons. The van der Waals surface area contributed by atoms with Crippen LogP contribution in [0.2, 0.25) is 0 Å². The van der Waals surface area contributed by atoms with E-state index in [2.05, 4.69) is 20.9 Å². The molecule has 0 unspecified atom stereocenters. The molecule has 2 rings (SSSR count). The van der Waals surface area contributed by atoms with Crippen molar-refractivity contribution in [1.29, 1.82) is 0 Å². The third-order valence-corrected chi connectivity index (χ3v) is 3.20. The van der Waals surface area contributed by atoms with Gasteiger partial charge in [0.15, 0.2) is 0 Å². The van der Waals surface area contributed by atoms with Crippen molar-refractivity contribution in [2.75, 3.05) is 6.61 Å². The van der Waals surface area contributed by atoms with E-state index >= 15 is 0 Å². The predicted octanol–water partition coefficient (Wildman–Crippen LogP) is 3.82. The van der Waals surface area contributed by atoms with E-state index in [9.17, 15) is 4.79 Å². The molecule has 1 aromatic heterocycles. The molecule has 0 fully saturated rings. The molecule has 0 atom stereocenters. The number of ether oxygens (including phenoxy) is 1. The maximum absolute atomic E-state index is 11.8. The summed E-state index contributed by atoms with van der Waals surface area (Å²) in [6, 6.07) is 13.5. The van der Waals surface area contributed by atoms with Gasteiger partial charge < -0.3 is 4.74 Å². The highest BCUT2D eigenvalue weighted by Crippen LogP contribution is 2.20. The van der Waals surface area contributed by atoms with E-state index in [0.717, 1.165) is 11.3 Å². The van der Waals surface area contributed by atoms with Crippen LogP contribution in [-0.2, 0) is 10.1 Å². The molecule has 1 aromatic carbocycles. The lowest BCUT2D eigenvalue weighted by Gasteiger charge is -2.08. The van der Waals surface area contributed by atoms with Crippen molar-refractivity contribution in [3.05, 3.63) is 53.7 Å². The Labute approximate surface area is 120 Å². The number of halogens is 1. The Morgan fingerprint density at radius 2 is 1.95 bits per heavy atom. The van der Waals surface area contributed by atoms with E-state index in [-0.39, 0.29) is 5.97 Å². The molecular formula is C15H14BrNO2. The van der Waals surface area contributed by atoms with Gasteiger partial charge in [0.1, 0.15) is 0 Å². The highest BCUT2D eigenvalue weighted by Gasteiger charge is 2.14. The molecule has 3 nitrogen and oxygen atoms in total. The zero-order valence-electron chi connectivity index (χ0n) is 10.6. The number of esters is 1. The number of nitrogens with zero attached hydrogens (tertiary/aromatic N) is 1. The van der Waals surface area contributed by atoms with Gasteiger partial charge in [-0.1, -0.05) is 46.3 Å². The zero-order chi connectivity index (χ0) is 13.7. The van der Waals surface area contributed by atoms with Crippen LogP contribution in [0.1, 0.15) is 23.0 Å². The lowest BCUT2D eigenvalue weighted by Crippen LogP contribution is -2.09. The predicted molar refractivity (Wildman–Crippen MR) is 78.3 cm³/mol. The first kappa shape index (κ1) is 13.7. The van der Waals surface area contributed by atoms with Crippen molar-refractivity contribution in [2.24, 2.45) is 0 Å². The van der Waals surface area contributed by atoms with Crippen molar-refractivity contribution in [3.63, 3.8) is 0 Å². The van der Waals surface area contributed by atoms with E-state index in [4.69, 9.17) is 4.74 Å². The standard InChI is InChI=1S/C15H14BrNO2/c1-2-19-15(18)12-8-9-13(17-14(12)10-16)11-6-4-3-5-7-11/h3-9H,2,10H2,1H3. The molecule has 0 saturated carbocycles. The Bertz CT molecular complexity index is 570. The average molecular weight is 320 g/mol. The van der Waals surface area contributed by atoms with Gasteiger partial charge in [-0.25, -0.2) is 4.79 Å². The topological polar surface area (TPSA) is 39.2 Å². The van der Waals surface area contributed by atoms with Gasteiger partial charge >= 0.3 is 5.97 Å². The summed E-state index contributed by atoms with van der Waals surface area (Å²) in [5.41, 5.74) is 3.08. The van der Waals surface area contributed by atoms with Crippen molar-refractivity contribution >= 4 is 21.9 Å².